The highest BCUT2D eigenvalue weighted by molar-refractivity contribution is 14.1. The van der Waals surface area contributed by atoms with Crippen molar-refractivity contribution in [1.82, 2.24) is 0 Å². The van der Waals surface area contributed by atoms with E-state index in [0.29, 0.717) is 27.7 Å². The fraction of sp³-hybridized carbons (Fsp3) is 0.360. The second-order valence-electron chi connectivity index (χ2n) is 7.82. The lowest BCUT2D eigenvalue weighted by Crippen LogP contribution is -2.25. The van der Waals surface area contributed by atoms with Crippen LogP contribution in [0.1, 0.15) is 49.8 Å². The number of hydrogen-bond acceptors (Lipinski definition) is 6. The van der Waals surface area contributed by atoms with Crippen molar-refractivity contribution in [3.05, 3.63) is 79.4 Å². The average Bonchev–Trinajstić information content (AvgIpc) is 2.80. The lowest BCUT2D eigenvalue weighted by Gasteiger charge is -2.25. The lowest BCUT2D eigenvalue weighted by atomic mass is 9.87. The molecule has 0 amide bonds. The van der Waals surface area contributed by atoms with Gasteiger partial charge in [-0.25, -0.2) is 0 Å². The van der Waals surface area contributed by atoms with Crippen molar-refractivity contribution < 1.29 is 25.0 Å². The number of aliphatic hydroxyl groups is 2. The van der Waals surface area contributed by atoms with Crippen molar-refractivity contribution in [3.63, 3.8) is 0 Å². The van der Waals surface area contributed by atoms with Crippen molar-refractivity contribution in [3.8, 4) is 11.5 Å². The maximum Gasteiger partial charge on any atom is 0.269 e. The van der Waals surface area contributed by atoms with Gasteiger partial charge < -0.3 is 20.1 Å². The van der Waals surface area contributed by atoms with Crippen LogP contribution in [-0.2, 0) is 0 Å². The zero-order chi connectivity index (χ0) is 24.5. The number of allylic oxidation sites excluding steroid dienone is 1. The summed E-state index contributed by atoms with van der Waals surface area (Å²) in [6.07, 6.45) is 4.50. The van der Waals surface area contributed by atoms with E-state index in [0.717, 1.165) is 24.0 Å². The minimum atomic E-state index is -1.03. The summed E-state index contributed by atoms with van der Waals surface area (Å²) in [4.78, 5) is 10.3. The molecule has 0 radical (unpaired) electrons. The zero-order valence-corrected chi connectivity index (χ0v) is 20.9. The first-order valence-corrected chi connectivity index (χ1v) is 11.8. The number of aliphatic hydroxyl groups excluding tert-OH is 2. The number of phenolic OH excluding ortho intramolecular Hbond substituents is 1. The molecular formula is C25H30INO6. The van der Waals surface area contributed by atoms with Crippen molar-refractivity contribution in [2.45, 2.75) is 44.8 Å². The summed E-state index contributed by atoms with van der Waals surface area (Å²) in [5.74, 6) is -0.109. The molecule has 0 heterocycles. The van der Waals surface area contributed by atoms with Crippen LogP contribution in [0.25, 0.3) is 6.08 Å². The monoisotopic (exact) mass is 567 g/mol. The van der Waals surface area contributed by atoms with Gasteiger partial charge in [0.2, 0.25) is 0 Å². The summed E-state index contributed by atoms with van der Waals surface area (Å²) >= 11 is 2.06. The number of methoxy groups -OCH3 is 1. The Morgan fingerprint density at radius 1 is 1.24 bits per heavy atom. The Bertz CT molecular complexity index is 989. The number of halogens is 1. The number of phenols is 1. The summed E-state index contributed by atoms with van der Waals surface area (Å²) in [5.41, 5.74) is 2.46. The first kappa shape index (κ1) is 26.8. The molecule has 0 aliphatic carbocycles. The molecule has 0 fully saturated rings. The van der Waals surface area contributed by atoms with E-state index in [9.17, 15) is 25.4 Å². The quantitative estimate of drug-likeness (QED) is 0.130. The molecule has 7 nitrogen and oxygen atoms in total. The molecule has 3 N–H and O–H groups in total. The zero-order valence-electron chi connectivity index (χ0n) is 18.8. The van der Waals surface area contributed by atoms with Gasteiger partial charge in [0, 0.05) is 18.1 Å². The normalized spacial score (nSPS) is 14.4. The number of non-ortho nitro benzene ring substituents is 1. The molecule has 2 aromatic carbocycles. The molecule has 0 saturated carbocycles. The number of nitrogens with zero attached hydrogens (tertiary/aromatic N) is 1. The average molecular weight is 567 g/mol. The van der Waals surface area contributed by atoms with Crippen LogP contribution in [0.4, 0.5) is 5.69 Å². The molecular weight excluding hydrogens is 537 g/mol. The van der Waals surface area contributed by atoms with Crippen LogP contribution in [0.5, 0.6) is 11.5 Å². The maximum atomic E-state index is 10.8. The molecule has 0 aliphatic rings. The molecule has 2 aromatic rings. The molecule has 8 heteroatoms. The first-order chi connectivity index (χ1) is 15.7. The highest BCUT2D eigenvalue weighted by Crippen LogP contribution is 2.34. The molecule has 0 spiro atoms. The van der Waals surface area contributed by atoms with Gasteiger partial charge in [-0.2, -0.15) is 0 Å². The molecule has 0 aromatic heterocycles. The Morgan fingerprint density at radius 3 is 2.45 bits per heavy atom. The number of nitro benzene ring substituents is 1. The maximum absolute atomic E-state index is 10.8. The van der Waals surface area contributed by atoms with E-state index in [1.807, 2.05) is 12.1 Å². The molecule has 2 rings (SSSR count). The summed E-state index contributed by atoms with van der Waals surface area (Å²) in [6.45, 7) is 5.84. The molecule has 0 aliphatic heterocycles. The predicted molar refractivity (Wildman–Crippen MR) is 137 cm³/mol. The number of hydrogen-bond donors (Lipinski definition) is 3. The third-order valence-electron chi connectivity index (χ3n) is 5.50. The van der Waals surface area contributed by atoms with Gasteiger partial charge in [-0.15, -0.1) is 6.58 Å². The highest BCUT2D eigenvalue weighted by atomic mass is 127. The summed E-state index contributed by atoms with van der Waals surface area (Å²) in [5, 5.41) is 42.5. The number of rotatable bonds is 12. The van der Waals surface area contributed by atoms with Crippen LogP contribution in [0, 0.1) is 19.6 Å². The fourth-order valence-electron chi connectivity index (χ4n) is 3.70. The topological polar surface area (TPSA) is 113 Å². The van der Waals surface area contributed by atoms with Crippen LogP contribution < -0.4 is 4.74 Å². The first-order valence-electron chi connectivity index (χ1n) is 10.7. The summed E-state index contributed by atoms with van der Waals surface area (Å²) in [6, 6.07) is 9.30. The van der Waals surface area contributed by atoms with Gasteiger partial charge in [0.1, 0.15) is 0 Å². The number of benzene rings is 2. The van der Waals surface area contributed by atoms with E-state index in [-0.39, 0.29) is 11.4 Å². The number of nitro groups is 1. The van der Waals surface area contributed by atoms with Gasteiger partial charge in [-0.1, -0.05) is 31.1 Å². The van der Waals surface area contributed by atoms with E-state index in [1.165, 1.54) is 37.5 Å². The lowest BCUT2D eigenvalue weighted by molar-refractivity contribution is -0.384. The van der Waals surface area contributed by atoms with E-state index >= 15 is 0 Å². The Balaban J connectivity index is 2.14. The van der Waals surface area contributed by atoms with Crippen molar-refractivity contribution in [2.24, 2.45) is 5.92 Å². The molecule has 178 valence electrons. The van der Waals surface area contributed by atoms with E-state index in [1.54, 1.807) is 6.07 Å². The third-order valence-corrected chi connectivity index (χ3v) is 6.32. The Morgan fingerprint density at radius 2 is 1.91 bits per heavy atom. The van der Waals surface area contributed by atoms with Crippen LogP contribution in [-0.4, -0.2) is 33.5 Å². The predicted octanol–water partition coefficient (Wildman–Crippen LogP) is 5.77. The highest BCUT2D eigenvalue weighted by Gasteiger charge is 2.26. The van der Waals surface area contributed by atoms with Crippen LogP contribution >= 0.6 is 22.6 Å². The van der Waals surface area contributed by atoms with Crippen LogP contribution in [0.3, 0.4) is 0 Å². The number of aromatic hydroxyl groups is 1. The van der Waals surface area contributed by atoms with Gasteiger partial charge in [-0.3, -0.25) is 10.1 Å². The van der Waals surface area contributed by atoms with Gasteiger partial charge in [0.25, 0.3) is 5.69 Å². The standard InChI is InChI=1S/C25H30INO6/c1-4-6-16(13-17-14-21(26)25(30)23(15-17)33-3)7-12-22(28)20(5-2)24(29)18-8-10-19(11-9-18)27(31)32/h5,8-11,13-15,20,22,24,28-30H,2,4,6-7,12H2,1,3H3/b16-13+/t20-,22-,24-/m1/s1. The van der Waals surface area contributed by atoms with E-state index in [2.05, 4.69) is 36.1 Å². The van der Waals surface area contributed by atoms with Gasteiger partial charge in [0.05, 0.1) is 27.8 Å². The van der Waals surface area contributed by atoms with E-state index < -0.39 is 23.0 Å². The molecule has 0 unspecified atom stereocenters. The van der Waals surface area contributed by atoms with Gasteiger partial charge in [-0.05, 0) is 77.2 Å². The fourth-order valence-corrected chi connectivity index (χ4v) is 4.32. The van der Waals surface area contributed by atoms with Crippen LogP contribution in [0.15, 0.2) is 54.6 Å². The summed E-state index contributed by atoms with van der Waals surface area (Å²) in [7, 11) is 1.51. The minimum absolute atomic E-state index is 0.0588. The van der Waals surface area contributed by atoms with Gasteiger partial charge in [0.15, 0.2) is 11.5 Å². The Hall–Kier alpha value is -2.43. The molecule has 0 bridgehead atoms. The Labute approximate surface area is 207 Å². The van der Waals surface area contributed by atoms with Crippen molar-refractivity contribution >= 4 is 34.4 Å². The molecule has 33 heavy (non-hydrogen) atoms. The van der Waals surface area contributed by atoms with Crippen molar-refractivity contribution in [2.75, 3.05) is 7.11 Å². The van der Waals surface area contributed by atoms with E-state index in [4.69, 9.17) is 4.74 Å². The summed E-state index contributed by atoms with van der Waals surface area (Å²) < 4.78 is 5.93. The second-order valence-corrected chi connectivity index (χ2v) is 8.98. The molecule has 0 saturated heterocycles. The third kappa shape index (κ3) is 7.28. The smallest absolute Gasteiger partial charge is 0.269 e. The largest absolute Gasteiger partial charge is 0.504 e. The number of ether oxygens (including phenoxy) is 1. The SMILES string of the molecule is C=C[C@H]([C@H](O)CC/C(=C/c1cc(I)c(O)c(OC)c1)CCC)[C@H](O)c1ccc([N+](=O)[O-])cc1. The minimum Gasteiger partial charge on any atom is -0.504 e. The Kier molecular flexibility index (Phi) is 10.3. The van der Waals surface area contributed by atoms with Crippen LogP contribution in [0.2, 0.25) is 0 Å². The second kappa shape index (κ2) is 12.7. The van der Waals surface area contributed by atoms with Crippen molar-refractivity contribution in [1.29, 1.82) is 0 Å². The van der Waals surface area contributed by atoms with Gasteiger partial charge >= 0.3 is 0 Å². The molecule has 3 atom stereocenters.